The van der Waals surface area contributed by atoms with Crippen LogP contribution in [0.25, 0.3) is 0 Å². The minimum absolute atomic E-state index is 0.0982. The van der Waals surface area contributed by atoms with E-state index in [-0.39, 0.29) is 27.4 Å². The zero-order valence-electron chi connectivity index (χ0n) is 16.9. The van der Waals surface area contributed by atoms with Gasteiger partial charge in [0.15, 0.2) is 0 Å². The quantitative estimate of drug-likeness (QED) is 0.724. The van der Waals surface area contributed by atoms with Crippen molar-refractivity contribution in [2.24, 2.45) is 0 Å². The number of halogens is 1. The van der Waals surface area contributed by atoms with Crippen LogP contribution in [0.15, 0.2) is 23.1 Å². The molecule has 8 heteroatoms. The maximum Gasteiger partial charge on any atom is 0.255 e. The number of carbonyl (C=O) groups is 1. The van der Waals surface area contributed by atoms with E-state index in [0.717, 1.165) is 13.1 Å². The third-order valence-electron chi connectivity index (χ3n) is 6.02. The molecule has 1 aromatic carbocycles. The van der Waals surface area contributed by atoms with Gasteiger partial charge in [0.2, 0.25) is 10.0 Å². The lowest BCUT2D eigenvalue weighted by Crippen LogP contribution is -2.51. The van der Waals surface area contributed by atoms with Crippen LogP contribution in [-0.2, 0) is 10.0 Å². The maximum absolute atomic E-state index is 13.0. The Morgan fingerprint density at radius 3 is 2.32 bits per heavy atom. The summed E-state index contributed by atoms with van der Waals surface area (Å²) in [7, 11) is -2.13. The van der Waals surface area contributed by atoms with Gasteiger partial charge in [-0.05, 0) is 44.9 Å². The third-order valence-corrected chi connectivity index (χ3v) is 8.37. The Labute approximate surface area is 173 Å². The number of amides is 1. The number of sulfonamides is 1. The smallest absolute Gasteiger partial charge is 0.255 e. The van der Waals surface area contributed by atoms with Gasteiger partial charge >= 0.3 is 0 Å². The van der Waals surface area contributed by atoms with E-state index in [1.54, 1.807) is 11.9 Å². The lowest BCUT2D eigenvalue weighted by Gasteiger charge is -2.38. The zero-order chi connectivity index (χ0) is 20.5. The molecule has 2 fully saturated rings. The van der Waals surface area contributed by atoms with Crippen molar-refractivity contribution in [3.8, 4) is 0 Å². The molecule has 0 spiro atoms. The van der Waals surface area contributed by atoms with Crippen molar-refractivity contribution in [1.82, 2.24) is 14.1 Å². The first-order valence-electron chi connectivity index (χ1n) is 10.0. The fraction of sp³-hybridized carbons (Fsp3) is 0.650. The number of benzene rings is 1. The van der Waals surface area contributed by atoms with Crippen LogP contribution >= 0.6 is 11.6 Å². The van der Waals surface area contributed by atoms with Crippen molar-refractivity contribution >= 4 is 27.5 Å². The van der Waals surface area contributed by atoms with Crippen molar-refractivity contribution in [1.29, 1.82) is 0 Å². The minimum Gasteiger partial charge on any atom is -0.336 e. The molecule has 3 rings (SSSR count). The van der Waals surface area contributed by atoms with E-state index in [1.807, 2.05) is 13.8 Å². The fourth-order valence-corrected chi connectivity index (χ4v) is 5.60. The lowest BCUT2D eigenvalue weighted by molar-refractivity contribution is 0.0573. The summed E-state index contributed by atoms with van der Waals surface area (Å²) in [6.07, 6.45) is 5.10. The molecular weight excluding hydrogens is 398 g/mol. The van der Waals surface area contributed by atoms with E-state index < -0.39 is 10.0 Å². The van der Waals surface area contributed by atoms with Crippen LogP contribution in [0.2, 0.25) is 5.02 Å². The van der Waals surface area contributed by atoms with E-state index in [2.05, 4.69) is 4.90 Å². The van der Waals surface area contributed by atoms with Crippen LogP contribution in [0.5, 0.6) is 0 Å². The van der Waals surface area contributed by atoms with Gasteiger partial charge in [0.1, 0.15) is 0 Å². The Morgan fingerprint density at radius 2 is 1.75 bits per heavy atom. The summed E-state index contributed by atoms with van der Waals surface area (Å²) in [4.78, 5) is 17.4. The van der Waals surface area contributed by atoms with Crippen molar-refractivity contribution in [2.45, 2.75) is 56.5 Å². The van der Waals surface area contributed by atoms with Gasteiger partial charge in [0.25, 0.3) is 5.91 Å². The molecule has 1 saturated carbocycles. The monoisotopic (exact) mass is 427 g/mol. The molecule has 0 atom stereocenters. The molecule has 156 valence electrons. The molecule has 28 heavy (non-hydrogen) atoms. The number of hydrogen-bond donors (Lipinski definition) is 0. The third kappa shape index (κ3) is 4.37. The molecular formula is C20H30ClN3O3S. The maximum atomic E-state index is 13.0. The first-order chi connectivity index (χ1) is 13.2. The molecule has 6 nitrogen and oxygen atoms in total. The van der Waals surface area contributed by atoms with Crippen molar-refractivity contribution in [3.63, 3.8) is 0 Å². The van der Waals surface area contributed by atoms with Gasteiger partial charge in [0.05, 0.1) is 15.5 Å². The van der Waals surface area contributed by atoms with Crippen LogP contribution in [0, 0.1) is 0 Å². The van der Waals surface area contributed by atoms with E-state index in [9.17, 15) is 13.2 Å². The predicted molar refractivity (Wildman–Crippen MR) is 111 cm³/mol. The van der Waals surface area contributed by atoms with Crippen molar-refractivity contribution in [2.75, 3.05) is 33.2 Å². The summed E-state index contributed by atoms with van der Waals surface area (Å²) in [5, 5.41) is 0.286. The van der Waals surface area contributed by atoms with E-state index >= 15 is 0 Å². The summed E-state index contributed by atoms with van der Waals surface area (Å²) in [6.45, 7) is 6.64. The number of hydrogen-bond acceptors (Lipinski definition) is 4. The molecule has 0 bridgehead atoms. The van der Waals surface area contributed by atoms with Gasteiger partial charge in [0, 0.05) is 45.3 Å². The highest BCUT2D eigenvalue weighted by atomic mass is 35.5. The van der Waals surface area contributed by atoms with Gasteiger partial charge in [-0.25, -0.2) is 8.42 Å². The Hall–Kier alpha value is -1.15. The van der Waals surface area contributed by atoms with Crippen LogP contribution in [0.1, 0.15) is 49.9 Å². The largest absolute Gasteiger partial charge is 0.336 e. The summed E-state index contributed by atoms with van der Waals surface area (Å²) in [5.74, 6) is -0.194. The summed E-state index contributed by atoms with van der Waals surface area (Å²) in [6, 6.07) is 4.86. The van der Waals surface area contributed by atoms with Crippen LogP contribution in [-0.4, -0.2) is 73.7 Å². The normalized spacial score (nSPS) is 19.7. The Kier molecular flexibility index (Phi) is 6.69. The van der Waals surface area contributed by atoms with Crippen LogP contribution in [0.3, 0.4) is 0 Å². The van der Waals surface area contributed by atoms with Crippen molar-refractivity contribution in [3.05, 3.63) is 28.8 Å². The number of piperazine rings is 1. The summed E-state index contributed by atoms with van der Waals surface area (Å²) < 4.78 is 26.9. The van der Waals surface area contributed by atoms with Gasteiger partial charge in [-0.1, -0.05) is 24.4 Å². The highest BCUT2D eigenvalue weighted by Gasteiger charge is 2.30. The van der Waals surface area contributed by atoms with Gasteiger partial charge in [-0.3, -0.25) is 9.69 Å². The molecule has 1 saturated heterocycles. The first kappa shape index (κ1) is 21.6. The average Bonchev–Trinajstić information content (AvgIpc) is 3.22. The molecule has 0 radical (unpaired) electrons. The number of nitrogens with zero attached hydrogens (tertiary/aromatic N) is 3. The second kappa shape index (κ2) is 8.69. The second-order valence-corrected chi connectivity index (χ2v) is 10.4. The minimum atomic E-state index is -3.67. The average molecular weight is 428 g/mol. The molecule has 0 unspecified atom stereocenters. The second-order valence-electron chi connectivity index (χ2n) is 8.02. The van der Waals surface area contributed by atoms with Crippen molar-refractivity contribution < 1.29 is 13.2 Å². The van der Waals surface area contributed by atoms with Gasteiger partial charge in [-0.15, -0.1) is 0 Å². The molecule has 2 aliphatic rings. The zero-order valence-corrected chi connectivity index (χ0v) is 18.5. The van der Waals surface area contributed by atoms with Crippen LogP contribution in [0.4, 0.5) is 0 Å². The predicted octanol–water partition coefficient (Wildman–Crippen LogP) is 3.07. The highest BCUT2D eigenvalue weighted by molar-refractivity contribution is 7.89. The van der Waals surface area contributed by atoms with E-state index in [1.165, 1.54) is 48.2 Å². The molecule has 0 N–H and O–H groups in total. The molecule has 1 amide bonds. The summed E-state index contributed by atoms with van der Waals surface area (Å²) >= 11 is 6.27. The van der Waals surface area contributed by atoms with Crippen LogP contribution < -0.4 is 0 Å². The molecule has 0 aromatic heterocycles. The van der Waals surface area contributed by atoms with E-state index in [4.69, 9.17) is 11.6 Å². The highest BCUT2D eigenvalue weighted by Crippen LogP contribution is 2.27. The number of rotatable bonds is 5. The molecule has 1 aliphatic heterocycles. The molecule has 1 aromatic rings. The Bertz CT molecular complexity index is 814. The molecule has 1 aliphatic carbocycles. The SMILES string of the molecule is CC(C)N(C)S(=O)(=O)c1ccc(Cl)c(C(=O)N2CCN(C3CCCC3)CC2)c1. The number of carbonyl (C=O) groups excluding carboxylic acids is 1. The topological polar surface area (TPSA) is 60.9 Å². The standard InChI is InChI=1S/C20H30ClN3O3S/c1-15(2)22(3)28(26,27)17-8-9-19(21)18(14-17)20(25)24-12-10-23(11-13-24)16-6-4-5-7-16/h8-9,14-16H,4-7,10-13H2,1-3H3. The Morgan fingerprint density at radius 1 is 1.14 bits per heavy atom. The first-order valence-corrected chi connectivity index (χ1v) is 11.8. The fourth-order valence-electron chi connectivity index (χ4n) is 4.00. The van der Waals surface area contributed by atoms with Gasteiger partial charge < -0.3 is 4.90 Å². The molecule has 1 heterocycles. The van der Waals surface area contributed by atoms with Gasteiger partial charge in [-0.2, -0.15) is 4.31 Å². The summed E-state index contributed by atoms with van der Waals surface area (Å²) in [5.41, 5.74) is 0.259. The van der Waals surface area contributed by atoms with E-state index in [0.29, 0.717) is 19.1 Å². The Balaban J connectivity index is 1.75. The lowest BCUT2D eigenvalue weighted by atomic mass is 10.1.